The average molecular weight is 509 g/mol. The maximum atomic E-state index is 2.45. The second-order valence-corrected chi connectivity index (χ2v) is 10.8. The van der Waals surface area contributed by atoms with Gasteiger partial charge in [0.25, 0.3) is 0 Å². The number of aryl methyl sites for hydroxylation is 1. The SMILES string of the molecule is C1=C(c2c3ccccc3c(-c3ccc(-c4cccc5ccccc45)cc3)c3ccccc23)c2ccccc2CC1. The van der Waals surface area contributed by atoms with Gasteiger partial charge in [-0.2, -0.15) is 0 Å². The van der Waals surface area contributed by atoms with Crippen molar-refractivity contribution < 1.29 is 0 Å². The molecule has 0 atom stereocenters. The molecule has 1 aliphatic carbocycles. The third kappa shape index (κ3) is 3.61. The van der Waals surface area contributed by atoms with E-state index in [0.29, 0.717) is 0 Å². The molecule has 0 bridgehead atoms. The van der Waals surface area contributed by atoms with Crippen LogP contribution in [0, 0.1) is 0 Å². The van der Waals surface area contributed by atoms with Gasteiger partial charge in [0.05, 0.1) is 0 Å². The lowest BCUT2D eigenvalue weighted by Gasteiger charge is -2.23. The van der Waals surface area contributed by atoms with Gasteiger partial charge in [-0.15, -0.1) is 0 Å². The van der Waals surface area contributed by atoms with E-state index >= 15 is 0 Å². The fraction of sp³-hybridized carbons (Fsp3) is 0.0500. The summed E-state index contributed by atoms with van der Waals surface area (Å²) < 4.78 is 0. The van der Waals surface area contributed by atoms with Gasteiger partial charge in [0.2, 0.25) is 0 Å². The molecule has 1 aliphatic rings. The number of hydrogen-bond donors (Lipinski definition) is 0. The molecular formula is C40H28. The molecule has 188 valence electrons. The van der Waals surface area contributed by atoms with Crippen molar-refractivity contribution in [2.75, 3.05) is 0 Å². The van der Waals surface area contributed by atoms with Crippen LogP contribution in [0.15, 0.2) is 146 Å². The molecule has 0 saturated heterocycles. The van der Waals surface area contributed by atoms with Crippen molar-refractivity contribution in [1.82, 2.24) is 0 Å². The highest BCUT2D eigenvalue weighted by Crippen LogP contribution is 2.45. The highest BCUT2D eigenvalue weighted by molar-refractivity contribution is 6.20. The maximum absolute atomic E-state index is 2.45. The monoisotopic (exact) mass is 508 g/mol. The van der Waals surface area contributed by atoms with Crippen LogP contribution in [-0.2, 0) is 6.42 Å². The first-order valence-electron chi connectivity index (χ1n) is 14.2. The van der Waals surface area contributed by atoms with Gasteiger partial charge >= 0.3 is 0 Å². The molecule has 0 spiro atoms. The van der Waals surface area contributed by atoms with Crippen LogP contribution in [-0.4, -0.2) is 0 Å². The van der Waals surface area contributed by atoms with Gasteiger partial charge in [0.15, 0.2) is 0 Å². The van der Waals surface area contributed by atoms with Crippen LogP contribution in [0.1, 0.15) is 23.1 Å². The van der Waals surface area contributed by atoms with Crippen LogP contribution >= 0.6 is 0 Å². The highest BCUT2D eigenvalue weighted by atomic mass is 14.2. The van der Waals surface area contributed by atoms with Crippen molar-refractivity contribution in [3.63, 3.8) is 0 Å². The Labute approximate surface area is 234 Å². The largest absolute Gasteiger partial charge is 0.0757 e. The summed E-state index contributed by atoms with van der Waals surface area (Å²) in [5.74, 6) is 0. The number of rotatable bonds is 3. The topological polar surface area (TPSA) is 0 Å². The Bertz CT molecular complexity index is 2030. The van der Waals surface area contributed by atoms with Crippen molar-refractivity contribution in [3.8, 4) is 22.3 Å². The Morgan fingerprint density at radius 3 is 1.62 bits per heavy atom. The van der Waals surface area contributed by atoms with E-state index in [4.69, 9.17) is 0 Å². The Hall–Kier alpha value is -4.94. The molecule has 0 N–H and O–H groups in total. The van der Waals surface area contributed by atoms with Crippen LogP contribution in [0.4, 0.5) is 0 Å². The molecule has 0 aromatic heterocycles. The molecule has 0 heteroatoms. The molecule has 7 aromatic rings. The number of allylic oxidation sites excluding steroid dienone is 1. The van der Waals surface area contributed by atoms with Gasteiger partial charge in [-0.3, -0.25) is 0 Å². The Kier molecular flexibility index (Phi) is 5.38. The Morgan fingerprint density at radius 2 is 0.900 bits per heavy atom. The fourth-order valence-electron chi connectivity index (χ4n) is 6.74. The minimum absolute atomic E-state index is 1.08. The molecule has 0 saturated carbocycles. The molecule has 0 heterocycles. The first-order valence-corrected chi connectivity index (χ1v) is 14.2. The molecule has 40 heavy (non-hydrogen) atoms. The van der Waals surface area contributed by atoms with E-state index in [1.807, 2.05) is 0 Å². The standard InChI is InChI=1S/C40H28/c1-3-15-31-27(11-1)13-9-21-32(31)29-23-25-30(26-24-29)39-35-17-5-7-19-37(35)40(38-20-8-6-18-36(38)39)34-22-10-14-28-12-2-4-16-33(28)34/h1-9,11-13,15-26H,10,14H2. The van der Waals surface area contributed by atoms with E-state index in [9.17, 15) is 0 Å². The maximum Gasteiger partial charge on any atom is -0.00235 e. The summed E-state index contributed by atoms with van der Waals surface area (Å²) >= 11 is 0. The summed E-state index contributed by atoms with van der Waals surface area (Å²) in [5, 5.41) is 7.81. The molecule has 0 nitrogen and oxygen atoms in total. The second-order valence-electron chi connectivity index (χ2n) is 10.8. The van der Waals surface area contributed by atoms with Crippen molar-refractivity contribution in [3.05, 3.63) is 162 Å². The minimum atomic E-state index is 1.08. The molecule has 0 radical (unpaired) electrons. The quantitative estimate of drug-likeness (QED) is 0.208. The third-order valence-electron chi connectivity index (χ3n) is 8.54. The summed E-state index contributed by atoms with van der Waals surface area (Å²) in [7, 11) is 0. The number of fused-ring (bicyclic) bond motifs is 4. The zero-order valence-corrected chi connectivity index (χ0v) is 22.3. The van der Waals surface area contributed by atoms with Gasteiger partial charge in [-0.05, 0) is 89.7 Å². The summed E-state index contributed by atoms with van der Waals surface area (Å²) in [6.07, 6.45) is 4.64. The minimum Gasteiger partial charge on any atom is -0.0757 e. The zero-order valence-electron chi connectivity index (χ0n) is 22.3. The molecule has 0 unspecified atom stereocenters. The Morgan fingerprint density at radius 1 is 0.375 bits per heavy atom. The molecule has 0 fully saturated rings. The molecule has 8 rings (SSSR count). The smallest absolute Gasteiger partial charge is 0.00235 e. The normalized spacial score (nSPS) is 12.9. The predicted molar refractivity (Wildman–Crippen MR) is 172 cm³/mol. The van der Waals surface area contributed by atoms with Crippen molar-refractivity contribution in [2.24, 2.45) is 0 Å². The van der Waals surface area contributed by atoms with Crippen molar-refractivity contribution >= 4 is 37.9 Å². The molecule has 7 aromatic carbocycles. The number of hydrogen-bond acceptors (Lipinski definition) is 0. The summed E-state index contributed by atoms with van der Waals surface area (Å²) in [5.41, 5.74) is 10.6. The van der Waals surface area contributed by atoms with Gasteiger partial charge in [0.1, 0.15) is 0 Å². The van der Waals surface area contributed by atoms with E-state index in [1.165, 1.54) is 76.8 Å². The van der Waals surface area contributed by atoms with Gasteiger partial charge in [0, 0.05) is 0 Å². The lowest BCUT2D eigenvalue weighted by Crippen LogP contribution is -2.02. The molecule has 0 aliphatic heterocycles. The van der Waals surface area contributed by atoms with E-state index in [1.54, 1.807) is 0 Å². The zero-order chi connectivity index (χ0) is 26.5. The highest BCUT2D eigenvalue weighted by Gasteiger charge is 2.21. The van der Waals surface area contributed by atoms with Crippen LogP contribution < -0.4 is 0 Å². The lowest BCUT2D eigenvalue weighted by atomic mass is 9.80. The second kappa shape index (κ2) is 9.36. The van der Waals surface area contributed by atoms with E-state index in [-0.39, 0.29) is 0 Å². The van der Waals surface area contributed by atoms with Crippen molar-refractivity contribution in [1.29, 1.82) is 0 Å². The van der Waals surface area contributed by atoms with Gasteiger partial charge in [-0.25, -0.2) is 0 Å². The van der Waals surface area contributed by atoms with E-state index < -0.39 is 0 Å². The predicted octanol–water partition coefficient (Wildman–Crippen LogP) is 10.9. The van der Waals surface area contributed by atoms with E-state index in [0.717, 1.165) is 12.8 Å². The van der Waals surface area contributed by atoms with Crippen molar-refractivity contribution in [2.45, 2.75) is 12.8 Å². The summed E-state index contributed by atoms with van der Waals surface area (Å²) in [6, 6.07) is 51.3. The van der Waals surface area contributed by atoms with Crippen LogP contribution in [0.5, 0.6) is 0 Å². The van der Waals surface area contributed by atoms with Crippen LogP contribution in [0.2, 0.25) is 0 Å². The molecule has 0 amide bonds. The molecular weight excluding hydrogens is 480 g/mol. The van der Waals surface area contributed by atoms with Crippen LogP contribution in [0.3, 0.4) is 0 Å². The first-order chi connectivity index (χ1) is 19.9. The van der Waals surface area contributed by atoms with Gasteiger partial charge < -0.3 is 0 Å². The summed E-state index contributed by atoms with van der Waals surface area (Å²) in [6.45, 7) is 0. The van der Waals surface area contributed by atoms with Crippen LogP contribution in [0.25, 0.3) is 60.1 Å². The Balaban J connectivity index is 1.36. The fourth-order valence-corrected chi connectivity index (χ4v) is 6.74. The average Bonchev–Trinajstić information content (AvgIpc) is 3.03. The third-order valence-corrected chi connectivity index (χ3v) is 8.54. The van der Waals surface area contributed by atoms with E-state index in [2.05, 4.69) is 146 Å². The first kappa shape index (κ1) is 23.0. The number of benzene rings is 7. The summed E-state index contributed by atoms with van der Waals surface area (Å²) in [4.78, 5) is 0. The van der Waals surface area contributed by atoms with Gasteiger partial charge in [-0.1, -0.05) is 146 Å². The lowest BCUT2D eigenvalue weighted by molar-refractivity contribution is 0.978.